The third-order valence-corrected chi connectivity index (χ3v) is 4.36. The minimum Gasteiger partial charge on any atom is -0.467 e. The molecule has 0 bridgehead atoms. The van der Waals surface area contributed by atoms with E-state index in [2.05, 4.69) is 0 Å². The monoisotopic (exact) mass is 354 g/mol. The summed E-state index contributed by atoms with van der Waals surface area (Å²) >= 11 is 1.31. The van der Waals surface area contributed by atoms with Crippen LogP contribution in [0.15, 0.2) is 17.5 Å². The molecule has 1 saturated heterocycles. The van der Waals surface area contributed by atoms with Crippen molar-refractivity contribution in [3.63, 3.8) is 0 Å². The van der Waals surface area contributed by atoms with Gasteiger partial charge in [0.25, 0.3) is 5.91 Å². The maximum atomic E-state index is 12.6. The highest BCUT2D eigenvalue weighted by molar-refractivity contribution is 7.12. The van der Waals surface area contributed by atoms with Gasteiger partial charge in [0.2, 0.25) is 0 Å². The van der Waals surface area contributed by atoms with Crippen LogP contribution in [0.5, 0.6) is 0 Å². The zero-order valence-electron chi connectivity index (χ0n) is 14.3. The van der Waals surface area contributed by atoms with Crippen molar-refractivity contribution in [1.82, 2.24) is 9.80 Å². The molecule has 1 atom stereocenters. The molecule has 2 heterocycles. The first-order valence-electron chi connectivity index (χ1n) is 7.63. The van der Waals surface area contributed by atoms with E-state index in [-0.39, 0.29) is 19.0 Å². The van der Waals surface area contributed by atoms with Gasteiger partial charge in [0, 0.05) is 13.1 Å². The lowest BCUT2D eigenvalue weighted by Crippen LogP contribution is -2.60. The molecule has 0 aliphatic carbocycles. The Hall–Kier alpha value is -2.09. The minimum absolute atomic E-state index is 0.0543. The molecule has 8 heteroatoms. The van der Waals surface area contributed by atoms with Crippen molar-refractivity contribution in [2.24, 2.45) is 0 Å². The molecular weight excluding hydrogens is 332 g/mol. The Morgan fingerprint density at radius 2 is 1.96 bits per heavy atom. The van der Waals surface area contributed by atoms with Crippen LogP contribution in [0.4, 0.5) is 4.79 Å². The Morgan fingerprint density at radius 1 is 1.25 bits per heavy atom. The van der Waals surface area contributed by atoms with Gasteiger partial charge < -0.3 is 19.3 Å². The number of thiophene rings is 1. The highest BCUT2D eigenvalue weighted by Gasteiger charge is 2.39. The summed E-state index contributed by atoms with van der Waals surface area (Å²) < 4.78 is 10.1. The van der Waals surface area contributed by atoms with E-state index in [1.54, 1.807) is 38.3 Å². The first kappa shape index (κ1) is 18.3. The molecule has 1 unspecified atom stereocenters. The molecule has 0 saturated carbocycles. The number of ether oxygens (including phenoxy) is 2. The second kappa shape index (κ2) is 7.21. The molecule has 1 aromatic rings. The fourth-order valence-electron chi connectivity index (χ4n) is 2.40. The number of hydrogen-bond donors (Lipinski definition) is 0. The van der Waals surface area contributed by atoms with E-state index < -0.39 is 23.7 Å². The number of amides is 2. The SMILES string of the molecule is COC(=O)C1CN(C(=O)OC(C)(C)C)CCN1C(=O)c1cccs1. The molecule has 132 valence electrons. The maximum absolute atomic E-state index is 12.6. The fourth-order valence-corrected chi connectivity index (χ4v) is 3.08. The molecule has 0 aromatic carbocycles. The smallest absolute Gasteiger partial charge is 0.410 e. The normalized spacial score (nSPS) is 18.2. The lowest BCUT2D eigenvalue weighted by atomic mass is 10.1. The summed E-state index contributed by atoms with van der Waals surface area (Å²) in [5.41, 5.74) is -0.623. The van der Waals surface area contributed by atoms with Crippen molar-refractivity contribution in [3.05, 3.63) is 22.4 Å². The van der Waals surface area contributed by atoms with Crippen molar-refractivity contribution in [2.45, 2.75) is 32.4 Å². The van der Waals surface area contributed by atoms with Crippen LogP contribution < -0.4 is 0 Å². The number of carbonyl (C=O) groups is 3. The number of methoxy groups -OCH3 is 1. The minimum atomic E-state index is -0.842. The lowest BCUT2D eigenvalue weighted by Gasteiger charge is -2.39. The van der Waals surface area contributed by atoms with Crippen LogP contribution in [0, 0.1) is 0 Å². The van der Waals surface area contributed by atoms with Gasteiger partial charge >= 0.3 is 12.1 Å². The highest BCUT2D eigenvalue weighted by Crippen LogP contribution is 2.20. The third-order valence-electron chi connectivity index (χ3n) is 3.50. The Kier molecular flexibility index (Phi) is 5.48. The predicted molar refractivity (Wildman–Crippen MR) is 89.0 cm³/mol. The Bertz CT molecular complexity index is 608. The number of esters is 1. The van der Waals surface area contributed by atoms with E-state index in [4.69, 9.17) is 9.47 Å². The summed E-state index contributed by atoms with van der Waals surface area (Å²) in [4.78, 5) is 40.4. The fraction of sp³-hybridized carbons (Fsp3) is 0.562. The van der Waals surface area contributed by atoms with Gasteiger partial charge in [0.05, 0.1) is 18.5 Å². The molecule has 2 rings (SSSR count). The van der Waals surface area contributed by atoms with Crippen LogP contribution in [0.1, 0.15) is 30.4 Å². The molecule has 1 aromatic heterocycles. The molecule has 1 aliphatic rings. The van der Waals surface area contributed by atoms with Gasteiger partial charge in [-0.25, -0.2) is 9.59 Å². The van der Waals surface area contributed by atoms with Crippen molar-refractivity contribution in [2.75, 3.05) is 26.7 Å². The van der Waals surface area contributed by atoms with E-state index >= 15 is 0 Å². The molecular formula is C16H22N2O5S. The van der Waals surface area contributed by atoms with Gasteiger partial charge in [-0.1, -0.05) is 6.07 Å². The third kappa shape index (κ3) is 4.25. The first-order chi connectivity index (χ1) is 11.2. The van der Waals surface area contributed by atoms with Crippen LogP contribution >= 0.6 is 11.3 Å². The number of hydrogen-bond acceptors (Lipinski definition) is 6. The summed E-state index contributed by atoms with van der Waals surface area (Å²) in [6.45, 7) is 5.94. The van der Waals surface area contributed by atoms with Crippen molar-refractivity contribution in [1.29, 1.82) is 0 Å². The van der Waals surface area contributed by atoms with Crippen LogP contribution in [0.3, 0.4) is 0 Å². The molecule has 0 N–H and O–H groups in total. The van der Waals surface area contributed by atoms with Crippen LogP contribution in [0.25, 0.3) is 0 Å². The molecule has 24 heavy (non-hydrogen) atoms. The van der Waals surface area contributed by atoms with Gasteiger partial charge in [-0.05, 0) is 32.2 Å². The van der Waals surface area contributed by atoms with Gasteiger partial charge in [-0.3, -0.25) is 4.79 Å². The maximum Gasteiger partial charge on any atom is 0.410 e. The van der Waals surface area contributed by atoms with Gasteiger partial charge in [0.15, 0.2) is 0 Å². The highest BCUT2D eigenvalue weighted by atomic mass is 32.1. The molecule has 7 nitrogen and oxygen atoms in total. The summed E-state index contributed by atoms with van der Waals surface area (Å²) in [6, 6.07) is 2.65. The Balaban J connectivity index is 2.14. The van der Waals surface area contributed by atoms with Crippen molar-refractivity contribution < 1.29 is 23.9 Å². The first-order valence-corrected chi connectivity index (χ1v) is 8.51. The van der Waals surface area contributed by atoms with Crippen molar-refractivity contribution in [3.8, 4) is 0 Å². The average Bonchev–Trinajstić information content (AvgIpc) is 3.05. The zero-order chi connectivity index (χ0) is 17.9. The van der Waals surface area contributed by atoms with Crippen LogP contribution in [-0.2, 0) is 14.3 Å². The van der Waals surface area contributed by atoms with Crippen LogP contribution in [0.2, 0.25) is 0 Å². The molecule has 1 aliphatic heterocycles. The van der Waals surface area contributed by atoms with E-state index in [1.165, 1.54) is 28.2 Å². The topological polar surface area (TPSA) is 76.2 Å². The van der Waals surface area contributed by atoms with Crippen LogP contribution in [-0.4, -0.2) is 66.2 Å². The predicted octanol–water partition coefficient (Wildman–Crippen LogP) is 1.98. The van der Waals surface area contributed by atoms with E-state index in [0.29, 0.717) is 11.4 Å². The average molecular weight is 354 g/mol. The van der Waals surface area contributed by atoms with E-state index in [9.17, 15) is 14.4 Å². The zero-order valence-corrected chi connectivity index (χ0v) is 15.1. The quantitative estimate of drug-likeness (QED) is 0.759. The van der Waals surface area contributed by atoms with Gasteiger partial charge in [0.1, 0.15) is 11.6 Å². The Morgan fingerprint density at radius 3 is 2.50 bits per heavy atom. The molecule has 0 radical (unpaired) electrons. The summed E-state index contributed by atoms with van der Waals surface area (Å²) in [6.07, 6.45) is -0.500. The number of nitrogens with zero attached hydrogens (tertiary/aromatic N) is 2. The second-order valence-electron chi connectivity index (χ2n) is 6.44. The Labute approximate surface area is 145 Å². The van der Waals surface area contributed by atoms with Crippen molar-refractivity contribution >= 4 is 29.3 Å². The van der Waals surface area contributed by atoms with Gasteiger partial charge in [-0.2, -0.15) is 0 Å². The van der Waals surface area contributed by atoms with E-state index in [0.717, 1.165) is 0 Å². The van der Waals surface area contributed by atoms with E-state index in [1.807, 2.05) is 0 Å². The largest absolute Gasteiger partial charge is 0.467 e. The standard InChI is InChI=1S/C16H22N2O5S/c1-16(2,3)23-15(21)17-7-8-18(11(10-17)14(20)22-4)13(19)12-6-5-9-24-12/h5-6,9,11H,7-8,10H2,1-4H3. The molecule has 0 spiro atoms. The summed E-state index contributed by atoms with van der Waals surface area (Å²) in [5, 5.41) is 1.80. The summed E-state index contributed by atoms with van der Waals surface area (Å²) in [7, 11) is 1.27. The molecule has 2 amide bonds. The second-order valence-corrected chi connectivity index (χ2v) is 7.39. The van der Waals surface area contributed by atoms with Gasteiger partial charge in [-0.15, -0.1) is 11.3 Å². The number of rotatable bonds is 2. The molecule has 1 fully saturated rings. The lowest BCUT2D eigenvalue weighted by molar-refractivity contribution is -0.147. The number of piperazine rings is 1. The number of carbonyl (C=O) groups excluding carboxylic acids is 3. The summed E-state index contributed by atoms with van der Waals surface area (Å²) in [5.74, 6) is -0.780.